The minimum Gasteiger partial charge on any atom is -0.488 e. The zero-order chi connectivity index (χ0) is 20.8. The monoisotopic (exact) mass is 406 g/mol. The molecule has 0 unspecified atom stereocenters. The molecule has 1 N–H and O–H groups in total. The van der Waals surface area contributed by atoms with Crippen LogP contribution in [0, 0.1) is 0 Å². The van der Waals surface area contributed by atoms with E-state index in [0.717, 1.165) is 24.4 Å². The summed E-state index contributed by atoms with van der Waals surface area (Å²) in [4.78, 5) is 26.8. The molecule has 30 heavy (non-hydrogen) atoms. The van der Waals surface area contributed by atoms with Gasteiger partial charge >= 0.3 is 5.97 Å². The van der Waals surface area contributed by atoms with Gasteiger partial charge in [0.1, 0.15) is 12.4 Å². The van der Waals surface area contributed by atoms with Crippen LogP contribution in [0.1, 0.15) is 31.2 Å². The fourth-order valence-electron chi connectivity index (χ4n) is 3.74. The molecule has 156 valence electrons. The second-order valence-electron chi connectivity index (χ2n) is 7.57. The van der Waals surface area contributed by atoms with Crippen LogP contribution in [0.3, 0.4) is 0 Å². The lowest BCUT2D eigenvalue weighted by Crippen LogP contribution is -2.24. The van der Waals surface area contributed by atoms with E-state index in [2.05, 4.69) is 10.2 Å². The largest absolute Gasteiger partial charge is 0.488 e. The van der Waals surface area contributed by atoms with Gasteiger partial charge in [0.05, 0.1) is 5.57 Å². The van der Waals surface area contributed by atoms with E-state index >= 15 is 0 Å². The third-order valence-electron chi connectivity index (χ3n) is 5.35. The van der Waals surface area contributed by atoms with Gasteiger partial charge in [0, 0.05) is 30.0 Å². The quantitative estimate of drug-likeness (QED) is 0.760. The maximum absolute atomic E-state index is 12.3. The van der Waals surface area contributed by atoms with E-state index < -0.39 is 5.97 Å². The number of hydrogen-bond donors (Lipinski definition) is 1. The van der Waals surface area contributed by atoms with Gasteiger partial charge in [-0.3, -0.25) is 4.79 Å². The first-order valence-corrected chi connectivity index (χ1v) is 10.4. The number of anilines is 2. The fourth-order valence-corrected chi connectivity index (χ4v) is 3.74. The number of para-hydroxylation sites is 1. The first-order valence-electron chi connectivity index (χ1n) is 10.4. The Bertz CT molecular complexity index is 928. The first-order chi connectivity index (χ1) is 14.7. The Morgan fingerprint density at radius 1 is 0.967 bits per heavy atom. The molecular weight excluding hydrogens is 380 g/mol. The summed E-state index contributed by atoms with van der Waals surface area (Å²) in [6.45, 7) is 1.94. The molecule has 0 bridgehead atoms. The number of nitrogens with zero attached hydrogens (tertiary/aromatic N) is 1. The molecule has 0 saturated carbocycles. The van der Waals surface area contributed by atoms with Crippen LogP contribution in [0.25, 0.3) is 6.08 Å². The molecule has 0 aliphatic carbocycles. The number of hydrogen-bond acceptors (Lipinski definition) is 5. The third kappa shape index (κ3) is 5.00. The number of rotatable bonds is 5. The SMILES string of the molecule is O=C(COC(=O)C1=Cc2ccccc2OC1)Nc1ccc(N2CCCCCC2)cc1. The van der Waals surface area contributed by atoms with E-state index in [1.54, 1.807) is 6.08 Å². The summed E-state index contributed by atoms with van der Waals surface area (Å²) >= 11 is 0. The lowest BCUT2D eigenvalue weighted by molar-refractivity contribution is -0.143. The Kier molecular flexibility index (Phi) is 6.32. The van der Waals surface area contributed by atoms with Crippen molar-refractivity contribution >= 4 is 29.3 Å². The molecule has 6 nitrogen and oxygen atoms in total. The van der Waals surface area contributed by atoms with E-state index in [-0.39, 0.29) is 19.1 Å². The number of amides is 1. The summed E-state index contributed by atoms with van der Waals surface area (Å²) in [6.07, 6.45) is 6.76. The number of benzene rings is 2. The van der Waals surface area contributed by atoms with E-state index in [1.807, 2.05) is 48.5 Å². The van der Waals surface area contributed by atoms with Gasteiger partial charge in [-0.2, -0.15) is 0 Å². The van der Waals surface area contributed by atoms with Crippen LogP contribution in [-0.2, 0) is 14.3 Å². The fraction of sp³-hybridized carbons (Fsp3) is 0.333. The average molecular weight is 406 g/mol. The van der Waals surface area contributed by atoms with E-state index in [0.29, 0.717) is 11.3 Å². The lowest BCUT2D eigenvalue weighted by atomic mass is 10.1. The smallest absolute Gasteiger partial charge is 0.338 e. The minimum absolute atomic E-state index is 0.134. The molecule has 2 aliphatic heterocycles. The summed E-state index contributed by atoms with van der Waals surface area (Å²) in [5.74, 6) is -0.185. The molecular formula is C24H26N2O4. The number of fused-ring (bicyclic) bond motifs is 1. The van der Waals surface area contributed by atoms with Crippen molar-refractivity contribution in [3.8, 4) is 5.75 Å². The molecule has 1 fully saturated rings. The molecule has 2 heterocycles. The molecule has 2 aromatic carbocycles. The lowest BCUT2D eigenvalue weighted by Gasteiger charge is -2.22. The maximum atomic E-state index is 12.3. The van der Waals surface area contributed by atoms with Crippen LogP contribution in [0.2, 0.25) is 0 Å². The molecule has 4 rings (SSSR count). The van der Waals surface area contributed by atoms with E-state index in [9.17, 15) is 9.59 Å². The van der Waals surface area contributed by atoms with Gasteiger partial charge in [-0.25, -0.2) is 4.79 Å². The second-order valence-corrected chi connectivity index (χ2v) is 7.57. The normalized spacial score (nSPS) is 15.9. The predicted molar refractivity (Wildman–Crippen MR) is 117 cm³/mol. The van der Waals surface area contributed by atoms with Gasteiger partial charge in [0.25, 0.3) is 5.91 Å². The van der Waals surface area contributed by atoms with Crippen LogP contribution in [0.5, 0.6) is 5.75 Å². The Labute approximate surface area is 176 Å². The Hall–Kier alpha value is -3.28. The molecule has 1 saturated heterocycles. The average Bonchev–Trinajstić information content (AvgIpc) is 3.07. The number of ether oxygens (including phenoxy) is 2. The topological polar surface area (TPSA) is 67.9 Å². The number of esters is 1. The van der Waals surface area contributed by atoms with Gasteiger partial charge in [-0.1, -0.05) is 31.0 Å². The van der Waals surface area contributed by atoms with E-state index in [4.69, 9.17) is 9.47 Å². The van der Waals surface area contributed by atoms with Gasteiger partial charge in [-0.05, 0) is 49.2 Å². The molecule has 2 aliphatic rings. The van der Waals surface area contributed by atoms with E-state index in [1.165, 1.54) is 31.4 Å². The summed E-state index contributed by atoms with van der Waals surface area (Å²) < 4.78 is 10.7. The van der Waals surface area contributed by atoms with Crippen LogP contribution in [0.4, 0.5) is 11.4 Å². The third-order valence-corrected chi connectivity index (χ3v) is 5.35. The van der Waals surface area contributed by atoms with Crippen LogP contribution in [0.15, 0.2) is 54.1 Å². The molecule has 0 radical (unpaired) electrons. The van der Waals surface area contributed by atoms with Gasteiger partial charge < -0.3 is 19.7 Å². The highest BCUT2D eigenvalue weighted by atomic mass is 16.5. The number of carbonyl (C=O) groups excluding carboxylic acids is 2. The summed E-state index contributed by atoms with van der Waals surface area (Å²) in [7, 11) is 0. The standard InChI is InChI=1S/C24H26N2O4/c27-23(17-30-24(28)19-15-18-7-3-4-8-22(18)29-16-19)25-20-9-11-21(12-10-20)26-13-5-1-2-6-14-26/h3-4,7-12,15H,1-2,5-6,13-14,16-17H2,(H,25,27). The number of nitrogens with one attached hydrogen (secondary N) is 1. The van der Waals surface area contributed by atoms with Crippen molar-refractivity contribution in [3.63, 3.8) is 0 Å². The van der Waals surface area contributed by atoms with Crippen LogP contribution < -0.4 is 15.0 Å². The Balaban J connectivity index is 1.27. The predicted octanol–water partition coefficient (Wildman–Crippen LogP) is 4.02. The minimum atomic E-state index is -0.545. The van der Waals surface area contributed by atoms with Crippen molar-refractivity contribution in [2.75, 3.05) is 36.5 Å². The summed E-state index contributed by atoms with van der Waals surface area (Å²) in [5.41, 5.74) is 3.07. The zero-order valence-electron chi connectivity index (χ0n) is 16.9. The first kappa shape index (κ1) is 20.0. The van der Waals surface area contributed by atoms with Crippen molar-refractivity contribution in [2.45, 2.75) is 25.7 Å². The number of carbonyl (C=O) groups is 2. The van der Waals surface area contributed by atoms with Crippen molar-refractivity contribution in [2.24, 2.45) is 0 Å². The van der Waals surface area contributed by atoms with Crippen LogP contribution >= 0.6 is 0 Å². The summed E-state index contributed by atoms with van der Waals surface area (Å²) in [5, 5.41) is 2.77. The summed E-state index contributed by atoms with van der Waals surface area (Å²) in [6, 6.07) is 15.3. The highest BCUT2D eigenvalue weighted by molar-refractivity contribution is 5.98. The van der Waals surface area contributed by atoms with Gasteiger partial charge in [0.15, 0.2) is 6.61 Å². The molecule has 6 heteroatoms. The highest BCUT2D eigenvalue weighted by Gasteiger charge is 2.19. The second kappa shape index (κ2) is 9.48. The molecule has 1 amide bonds. The Morgan fingerprint density at radius 3 is 2.47 bits per heavy atom. The molecule has 0 spiro atoms. The molecule has 0 atom stereocenters. The molecule has 2 aromatic rings. The van der Waals surface area contributed by atoms with Gasteiger partial charge in [0.2, 0.25) is 0 Å². The van der Waals surface area contributed by atoms with Gasteiger partial charge in [-0.15, -0.1) is 0 Å². The van der Waals surface area contributed by atoms with Crippen LogP contribution in [-0.4, -0.2) is 38.2 Å². The van der Waals surface area contributed by atoms with Crippen molar-refractivity contribution in [3.05, 3.63) is 59.7 Å². The Morgan fingerprint density at radius 2 is 1.70 bits per heavy atom. The maximum Gasteiger partial charge on any atom is 0.338 e. The zero-order valence-corrected chi connectivity index (χ0v) is 16.9. The van der Waals surface area contributed by atoms with Crippen molar-refractivity contribution < 1.29 is 19.1 Å². The highest BCUT2D eigenvalue weighted by Crippen LogP contribution is 2.26. The van der Waals surface area contributed by atoms with Crippen molar-refractivity contribution in [1.29, 1.82) is 0 Å². The molecule has 0 aromatic heterocycles. The van der Waals surface area contributed by atoms with Crippen molar-refractivity contribution in [1.82, 2.24) is 0 Å².